The van der Waals surface area contributed by atoms with Gasteiger partial charge < -0.3 is 19.9 Å². The van der Waals surface area contributed by atoms with E-state index in [-0.39, 0.29) is 0 Å². The molecular formula is C14H21NO3. The Bertz CT molecular complexity index is 370. The lowest BCUT2D eigenvalue weighted by Gasteiger charge is -2.28. The van der Waals surface area contributed by atoms with Crippen LogP contribution in [0, 0.1) is 13.8 Å². The van der Waals surface area contributed by atoms with Gasteiger partial charge in [-0.2, -0.15) is 0 Å². The second-order valence-corrected chi connectivity index (χ2v) is 4.93. The van der Waals surface area contributed by atoms with E-state index in [4.69, 9.17) is 9.47 Å². The number of aliphatic hydroxyl groups is 1. The van der Waals surface area contributed by atoms with Gasteiger partial charge in [0.1, 0.15) is 18.5 Å². The highest BCUT2D eigenvalue weighted by atomic mass is 16.5. The number of aliphatic hydroxyl groups excluding tert-OH is 1. The van der Waals surface area contributed by atoms with Crippen LogP contribution in [0.5, 0.6) is 5.75 Å². The molecule has 0 spiro atoms. The molecule has 100 valence electrons. The minimum atomic E-state index is -0.494. The summed E-state index contributed by atoms with van der Waals surface area (Å²) in [6, 6.07) is 6.45. The molecule has 18 heavy (non-hydrogen) atoms. The molecule has 2 N–H and O–H groups in total. The second kappa shape index (κ2) is 6.18. The van der Waals surface area contributed by atoms with Crippen LogP contribution in [-0.2, 0) is 4.74 Å². The lowest BCUT2D eigenvalue weighted by molar-refractivity contribution is -0.0118. The summed E-state index contributed by atoms with van der Waals surface area (Å²) in [5.74, 6) is 0.818. The van der Waals surface area contributed by atoms with Gasteiger partial charge in [0.2, 0.25) is 0 Å². The van der Waals surface area contributed by atoms with Gasteiger partial charge in [0.05, 0.1) is 19.3 Å². The van der Waals surface area contributed by atoms with Gasteiger partial charge in [0.25, 0.3) is 0 Å². The van der Waals surface area contributed by atoms with E-state index in [0.717, 1.165) is 19.0 Å². The lowest BCUT2D eigenvalue weighted by Crippen LogP contribution is -2.49. The van der Waals surface area contributed by atoms with Crippen molar-refractivity contribution < 1.29 is 14.6 Å². The highest BCUT2D eigenvalue weighted by Gasteiger charge is 2.18. The average Bonchev–Trinajstić information content (AvgIpc) is 2.23. The number of rotatable bonds is 6. The van der Waals surface area contributed by atoms with E-state index in [0.29, 0.717) is 19.2 Å². The zero-order chi connectivity index (χ0) is 13.0. The molecule has 1 atom stereocenters. The van der Waals surface area contributed by atoms with Crippen molar-refractivity contribution in [1.82, 2.24) is 5.32 Å². The standard InChI is InChI=1S/C14H21NO3/c1-10-3-11(2)5-14(4-10)18-9-13(16)6-15-12-7-17-8-12/h3-5,12-13,15-16H,6-9H2,1-2H3. The van der Waals surface area contributed by atoms with E-state index >= 15 is 0 Å². The minimum absolute atomic E-state index is 0.309. The van der Waals surface area contributed by atoms with Crippen LogP contribution in [0.25, 0.3) is 0 Å². The third-order valence-electron chi connectivity index (χ3n) is 2.92. The van der Waals surface area contributed by atoms with Crippen LogP contribution in [0.2, 0.25) is 0 Å². The van der Waals surface area contributed by atoms with Gasteiger partial charge in [0, 0.05) is 6.54 Å². The van der Waals surface area contributed by atoms with Crippen molar-refractivity contribution in [3.63, 3.8) is 0 Å². The monoisotopic (exact) mass is 251 g/mol. The minimum Gasteiger partial charge on any atom is -0.491 e. The smallest absolute Gasteiger partial charge is 0.119 e. The summed E-state index contributed by atoms with van der Waals surface area (Å²) in [6.45, 7) is 6.40. The Morgan fingerprint density at radius 2 is 2.00 bits per heavy atom. The molecule has 4 heteroatoms. The molecule has 1 aromatic rings. The van der Waals surface area contributed by atoms with Gasteiger partial charge in [-0.05, 0) is 37.1 Å². The van der Waals surface area contributed by atoms with E-state index < -0.39 is 6.10 Å². The quantitative estimate of drug-likeness (QED) is 0.793. The summed E-state index contributed by atoms with van der Waals surface area (Å²) in [5, 5.41) is 13.0. The van der Waals surface area contributed by atoms with Crippen LogP contribution < -0.4 is 10.1 Å². The molecule has 1 aliphatic rings. The first-order valence-corrected chi connectivity index (χ1v) is 6.34. The molecular weight excluding hydrogens is 230 g/mol. The van der Waals surface area contributed by atoms with Crippen LogP contribution >= 0.6 is 0 Å². The molecule has 0 amide bonds. The maximum Gasteiger partial charge on any atom is 0.119 e. The van der Waals surface area contributed by atoms with Gasteiger partial charge in [-0.3, -0.25) is 0 Å². The number of hydrogen-bond donors (Lipinski definition) is 2. The Labute approximate surface area is 108 Å². The highest BCUT2D eigenvalue weighted by Crippen LogP contribution is 2.16. The van der Waals surface area contributed by atoms with Gasteiger partial charge >= 0.3 is 0 Å². The Kier molecular flexibility index (Phi) is 4.58. The first-order chi connectivity index (χ1) is 8.63. The van der Waals surface area contributed by atoms with Gasteiger partial charge in [-0.1, -0.05) is 6.07 Å². The van der Waals surface area contributed by atoms with E-state index in [1.807, 2.05) is 26.0 Å². The van der Waals surface area contributed by atoms with E-state index in [2.05, 4.69) is 11.4 Å². The molecule has 1 fully saturated rings. The van der Waals surface area contributed by atoms with Crippen LogP contribution in [0.1, 0.15) is 11.1 Å². The molecule has 2 rings (SSSR count). The maximum atomic E-state index is 9.79. The van der Waals surface area contributed by atoms with Gasteiger partial charge in [0.15, 0.2) is 0 Å². The fourth-order valence-corrected chi connectivity index (χ4v) is 1.92. The summed E-state index contributed by atoms with van der Waals surface area (Å²) in [4.78, 5) is 0. The van der Waals surface area contributed by atoms with E-state index in [1.165, 1.54) is 11.1 Å². The molecule has 1 aliphatic heterocycles. The Balaban J connectivity index is 1.72. The summed E-state index contributed by atoms with van der Waals surface area (Å²) >= 11 is 0. The number of aryl methyl sites for hydroxylation is 2. The summed E-state index contributed by atoms with van der Waals surface area (Å²) < 4.78 is 10.6. The fraction of sp³-hybridized carbons (Fsp3) is 0.571. The molecule has 0 bridgehead atoms. The van der Waals surface area contributed by atoms with Crippen molar-refractivity contribution in [1.29, 1.82) is 0 Å². The lowest BCUT2D eigenvalue weighted by atomic mass is 10.1. The topological polar surface area (TPSA) is 50.7 Å². The number of nitrogens with one attached hydrogen (secondary N) is 1. The summed E-state index contributed by atoms with van der Waals surface area (Å²) in [6.07, 6.45) is -0.494. The number of hydrogen-bond acceptors (Lipinski definition) is 4. The molecule has 1 unspecified atom stereocenters. The van der Waals surface area contributed by atoms with Crippen molar-refractivity contribution in [3.8, 4) is 5.75 Å². The van der Waals surface area contributed by atoms with Crippen LogP contribution in [0.15, 0.2) is 18.2 Å². The zero-order valence-electron chi connectivity index (χ0n) is 11.0. The third kappa shape index (κ3) is 3.98. The maximum absolute atomic E-state index is 9.79. The first-order valence-electron chi connectivity index (χ1n) is 6.34. The Hall–Kier alpha value is -1.10. The van der Waals surface area contributed by atoms with Crippen LogP contribution in [0.4, 0.5) is 0 Å². The van der Waals surface area contributed by atoms with E-state index in [9.17, 15) is 5.11 Å². The molecule has 1 aromatic carbocycles. The van der Waals surface area contributed by atoms with Crippen molar-refractivity contribution in [2.45, 2.75) is 26.0 Å². The van der Waals surface area contributed by atoms with E-state index in [1.54, 1.807) is 0 Å². The fourth-order valence-electron chi connectivity index (χ4n) is 1.92. The largest absolute Gasteiger partial charge is 0.491 e. The molecule has 0 aliphatic carbocycles. The molecule has 0 radical (unpaired) electrons. The third-order valence-corrected chi connectivity index (χ3v) is 2.92. The summed E-state index contributed by atoms with van der Waals surface area (Å²) in [7, 11) is 0. The Morgan fingerprint density at radius 3 is 2.56 bits per heavy atom. The van der Waals surface area contributed by atoms with Gasteiger partial charge in [-0.15, -0.1) is 0 Å². The number of benzene rings is 1. The molecule has 1 saturated heterocycles. The van der Waals surface area contributed by atoms with Crippen molar-refractivity contribution >= 4 is 0 Å². The average molecular weight is 251 g/mol. The van der Waals surface area contributed by atoms with Crippen molar-refractivity contribution in [3.05, 3.63) is 29.3 Å². The number of ether oxygens (including phenoxy) is 2. The zero-order valence-corrected chi connectivity index (χ0v) is 11.0. The highest BCUT2D eigenvalue weighted by molar-refractivity contribution is 5.32. The Morgan fingerprint density at radius 1 is 1.33 bits per heavy atom. The normalized spacial score (nSPS) is 17.3. The molecule has 0 saturated carbocycles. The molecule has 4 nitrogen and oxygen atoms in total. The molecule has 0 aromatic heterocycles. The predicted octanol–water partition coefficient (Wildman–Crippen LogP) is 1.03. The first kappa shape index (κ1) is 13.3. The van der Waals surface area contributed by atoms with Gasteiger partial charge in [-0.25, -0.2) is 0 Å². The summed E-state index contributed by atoms with van der Waals surface area (Å²) in [5.41, 5.74) is 2.34. The van der Waals surface area contributed by atoms with Crippen molar-refractivity contribution in [2.24, 2.45) is 0 Å². The molecule has 1 heterocycles. The predicted molar refractivity (Wildman–Crippen MR) is 70.0 cm³/mol. The van der Waals surface area contributed by atoms with Crippen LogP contribution in [0.3, 0.4) is 0 Å². The SMILES string of the molecule is Cc1cc(C)cc(OCC(O)CNC2COC2)c1. The van der Waals surface area contributed by atoms with Crippen LogP contribution in [-0.4, -0.2) is 43.6 Å². The second-order valence-electron chi connectivity index (χ2n) is 4.93. The van der Waals surface area contributed by atoms with Crippen molar-refractivity contribution in [2.75, 3.05) is 26.4 Å².